The van der Waals surface area contributed by atoms with Gasteiger partial charge in [-0.15, -0.1) is 0 Å². The van der Waals surface area contributed by atoms with Crippen LogP contribution in [0.15, 0.2) is 67.4 Å². The lowest BCUT2D eigenvalue weighted by Crippen LogP contribution is -2.25. The molecule has 7 rings (SSSR count). The molecular formula is C30H26FN7O2. The van der Waals surface area contributed by atoms with Crippen LogP contribution in [0.4, 0.5) is 4.39 Å². The van der Waals surface area contributed by atoms with Gasteiger partial charge in [-0.1, -0.05) is 0 Å². The molecule has 0 amide bonds. The molecule has 0 bridgehead atoms. The molecular weight excluding hydrogens is 509 g/mol. The molecule has 200 valence electrons. The topological polar surface area (TPSA) is 116 Å². The van der Waals surface area contributed by atoms with E-state index in [0.717, 1.165) is 52.7 Å². The normalized spacial score (nSPS) is 13.9. The number of halogens is 1. The van der Waals surface area contributed by atoms with Crippen LogP contribution in [0, 0.1) is 5.82 Å². The molecule has 0 atom stereocenters. The largest absolute Gasteiger partial charge is 0.506 e. The Labute approximate surface area is 228 Å². The summed E-state index contributed by atoms with van der Waals surface area (Å²) in [6.07, 6.45) is 10.7. The minimum Gasteiger partial charge on any atom is -0.506 e. The number of fused-ring (bicyclic) bond motifs is 2. The summed E-state index contributed by atoms with van der Waals surface area (Å²) in [5, 5.41) is 19.2. The van der Waals surface area contributed by atoms with Crippen molar-refractivity contribution in [2.45, 2.75) is 12.8 Å². The molecule has 1 saturated heterocycles. The van der Waals surface area contributed by atoms with E-state index in [1.54, 1.807) is 30.9 Å². The first kappa shape index (κ1) is 24.2. The second kappa shape index (κ2) is 10.0. The molecule has 1 aromatic carbocycles. The molecule has 1 fully saturated rings. The minimum atomic E-state index is -0.360. The summed E-state index contributed by atoms with van der Waals surface area (Å²) in [5.41, 5.74) is 5.89. The van der Waals surface area contributed by atoms with Crippen LogP contribution in [-0.4, -0.2) is 66.4 Å². The highest BCUT2D eigenvalue weighted by molar-refractivity contribution is 6.01. The average molecular weight is 536 g/mol. The molecule has 0 spiro atoms. The average Bonchev–Trinajstić information content (AvgIpc) is 3.72. The van der Waals surface area contributed by atoms with E-state index in [1.807, 2.05) is 18.2 Å². The molecule has 1 aliphatic rings. The molecule has 0 saturated carbocycles. The molecule has 3 N–H and O–H groups in total. The number of aromatic amines is 2. The number of hydrogen-bond donors (Lipinski definition) is 3. The number of ether oxygens (including phenoxy) is 1. The Morgan fingerprint density at radius 1 is 0.875 bits per heavy atom. The first-order valence-corrected chi connectivity index (χ1v) is 13.2. The van der Waals surface area contributed by atoms with Gasteiger partial charge >= 0.3 is 0 Å². The van der Waals surface area contributed by atoms with Gasteiger partial charge < -0.3 is 14.8 Å². The molecule has 1 aliphatic heterocycles. The number of aromatic nitrogens is 6. The van der Waals surface area contributed by atoms with E-state index >= 15 is 0 Å². The molecule has 6 heterocycles. The number of nitrogens with zero attached hydrogens (tertiary/aromatic N) is 5. The quantitative estimate of drug-likeness (QED) is 0.245. The van der Waals surface area contributed by atoms with Crippen LogP contribution in [-0.2, 0) is 0 Å². The summed E-state index contributed by atoms with van der Waals surface area (Å²) in [6, 6.07) is 10.3. The van der Waals surface area contributed by atoms with Gasteiger partial charge in [0.25, 0.3) is 0 Å². The lowest BCUT2D eigenvalue weighted by molar-refractivity contribution is 0.237. The van der Waals surface area contributed by atoms with Gasteiger partial charge in [-0.25, -0.2) is 4.39 Å². The SMILES string of the molecule is Oc1cncc(-c2cc3c(-c4cc5c(-c6cc(F)cc(OCCN7CCCC7)c6)cncc5[nH]4)n[nH]c3cn2)c1. The second-order valence-corrected chi connectivity index (χ2v) is 10.0. The molecule has 5 aromatic heterocycles. The fourth-order valence-electron chi connectivity index (χ4n) is 5.36. The highest BCUT2D eigenvalue weighted by atomic mass is 19.1. The zero-order valence-corrected chi connectivity index (χ0v) is 21.6. The molecule has 40 heavy (non-hydrogen) atoms. The van der Waals surface area contributed by atoms with Gasteiger partial charge in [0.1, 0.15) is 29.6 Å². The van der Waals surface area contributed by atoms with E-state index < -0.39 is 0 Å². The zero-order chi connectivity index (χ0) is 27.1. The van der Waals surface area contributed by atoms with Crippen LogP contribution in [0.3, 0.4) is 0 Å². The van der Waals surface area contributed by atoms with Crippen LogP contribution >= 0.6 is 0 Å². The first-order chi connectivity index (χ1) is 19.6. The van der Waals surface area contributed by atoms with Crippen molar-refractivity contribution in [2.24, 2.45) is 0 Å². The maximum absolute atomic E-state index is 14.7. The number of nitrogens with one attached hydrogen (secondary N) is 2. The van der Waals surface area contributed by atoms with Crippen molar-refractivity contribution in [3.05, 3.63) is 73.2 Å². The van der Waals surface area contributed by atoms with Crippen molar-refractivity contribution in [2.75, 3.05) is 26.2 Å². The van der Waals surface area contributed by atoms with Gasteiger partial charge in [-0.3, -0.25) is 25.0 Å². The van der Waals surface area contributed by atoms with Gasteiger partial charge in [0, 0.05) is 46.9 Å². The van der Waals surface area contributed by atoms with Crippen LogP contribution < -0.4 is 4.74 Å². The van der Waals surface area contributed by atoms with Crippen molar-refractivity contribution >= 4 is 21.8 Å². The third-order valence-electron chi connectivity index (χ3n) is 7.32. The first-order valence-electron chi connectivity index (χ1n) is 13.2. The predicted octanol–water partition coefficient (Wildman–Crippen LogP) is 5.55. The Kier molecular flexibility index (Phi) is 6.09. The monoisotopic (exact) mass is 535 g/mol. The molecule has 0 aliphatic carbocycles. The van der Waals surface area contributed by atoms with Gasteiger partial charge in [0.05, 0.1) is 41.0 Å². The fraction of sp³-hybridized carbons (Fsp3) is 0.200. The standard InChI is InChI=1S/C30H26FN7O2/c31-20-7-18(9-22(10-20)40-6-5-38-3-1-2-4-38)25-15-33-16-28-23(25)11-27(35-28)30-24-12-26(34-17-29(24)36-37-30)19-8-21(39)14-32-13-19/h7-17,35,39H,1-6H2,(H,36,37). The van der Waals surface area contributed by atoms with E-state index in [2.05, 4.69) is 35.0 Å². The number of hydrogen-bond acceptors (Lipinski definition) is 7. The van der Waals surface area contributed by atoms with E-state index in [1.165, 1.54) is 31.2 Å². The number of aromatic hydroxyl groups is 1. The fourth-order valence-corrected chi connectivity index (χ4v) is 5.36. The number of H-pyrrole nitrogens is 2. The number of pyridine rings is 3. The number of likely N-dealkylation sites (tertiary alicyclic amines) is 1. The maximum atomic E-state index is 14.7. The molecule has 0 unspecified atom stereocenters. The Bertz CT molecular complexity index is 1840. The van der Waals surface area contributed by atoms with Crippen molar-refractivity contribution in [1.82, 2.24) is 35.0 Å². The van der Waals surface area contributed by atoms with Crippen molar-refractivity contribution < 1.29 is 14.2 Å². The van der Waals surface area contributed by atoms with Crippen molar-refractivity contribution in [3.8, 4) is 45.3 Å². The van der Waals surface area contributed by atoms with Crippen LogP contribution in [0.5, 0.6) is 11.5 Å². The second-order valence-electron chi connectivity index (χ2n) is 10.0. The summed E-state index contributed by atoms with van der Waals surface area (Å²) >= 11 is 0. The summed E-state index contributed by atoms with van der Waals surface area (Å²) in [6.45, 7) is 3.54. The van der Waals surface area contributed by atoms with E-state index in [9.17, 15) is 9.50 Å². The predicted molar refractivity (Wildman–Crippen MR) is 150 cm³/mol. The van der Waals surface area contributed by atoms with Gasteiger partial charge in [-0.05, 0) is 61.8 Å². The smallest absolute Gasteiger partial charge is 0.134 e. The Morgan fingerprint density at radius 3 is 2.62 bits per heavy atom. The Balaban J connectivity index is 1.23. The summed E-state index contributed by atoms with van der Waals surface area (Å²) in [4.78, 5) is 18.7. The highest BCUT2D eigenvalue weighted by Gasteiger charge is 2.17. The zero-order valence-electron chi connectivity index (χ0n) is 21.6. The molecule has 9 nitrogen and oxygen atoms in total. The summed E-state index contributed by atoms with van der Waals surface area (Å²) in [5.74, 6) is 0.211. The molecule has 0 radical (unpaired) electrons. The number of rotatable bonds is 7. The minimum absolute atomic E-state index is 0.0694. The van der Waals surface area contributed by atoms with Crippen molar-refractivity contribution in [1.29, 1.82) is 0 Å². The third-order valence-corrected chi connectivity index (χ3v) is 7.32. The van der Waals surface area contributed by atoms with Gasteiger partial charge in [-0.2, -0.15) is 5.10 Å². The maximum Gasteiger partial charge on any atom is 0.134 e. The third kappa shape index (κ3) is 4.62. The van der Waals surface area contributed by atoms with Crippen LogP contribution in [0.25, 0.3) is 55.6 Å². The van der Waals surface area contributed by atoms with Crippen LogP contribution in [0.1, 0.15) is 12.8 Å². The lowest BCUT2D eigenvalue weighted by Gasteiger charge is -2.15. The molecule has 6 aromatic rings. The molecule has 10 heteroatoms. The highest BCUT2D eigenvalue weighted by Crippen LogP contribution is 2.35. The van der Waals surface area contributed by atoms with Gasteiger partial charge in [0.2, 0.25) is 0 Å². The van der Waals surface area contributed by atoms with Crippen LogP contribution in [0.2, 0.25) is 0 Å². The van der Waals surface area contributed by atoms with E-state index in [0.29, 0.717) is 34.9 Å². The van der Waals surface area contributed by atoms with E-state index in [-0.39, 0.29) is 11.6 Å². The van der Waals surface area contributed by atoms with E-state index in [4.69, 9.17) is 4.74 Å². The van der Waals surface area contributed by atoms with Gasteiger partial charge in [0.15, 0.2) is 0 Å². The summed E-state index contributed by atoms with van der Waals surface area (Å²) in [7, 11) is 0. The lowest BCUT2D eigenvalue weighted by atomic mass is 10.0. The Hall–Kier alpha value is -4.83. The summed E-state index contributed by atoms with van der Waals surface area (Å²) < 4.78 is 20.6. The number of benzene rings is 1. The van der Waals surface area contributed by atoms with Crippen molar-refractivity contribution in [3.63, 3.8) is 0 Å². The Morgan fingerprint density at radius 2 is 1.75 bits per heavy atom.